The Bertz CT molecular complexity index is 1230. The Hall–Kier alpha value is -2.74. The highest BCUT2D eigenvalue weighted by molar-refractivity contribution is 7.20. The molecule has 1 fully saturated rings. The number of nitrogens with one attached hydrogen (secondary N) is 1. The van der Waals surface area contributed by atoms with Crippen molar-refractivity contribution >= 4 is 33.3 Å². The van der Waals surface area contributed by atoms with Gasteiger partial charge in [-0.3, -0.25) is 14.2 Å². The van der Waals surface area contributed by atoms with Gasteiger partial charge in [-0.05, 0) is 56.2 Å². The normalized spacial score (nSPS) is 16.9. The molecule has 1 aliphatic carbocycles. The highest BCUT2D eigenvalue weighted by atomic mass is 32.1. The molecule has 3 aromatic rings. The average molecular weight is 467 g/mol. The van der Waals surface area contributed by atoms with E-state index in [2.05, 4.69) is 10.3 Å². The smallest absolute Gasteiger partial charge is 0.267 e. The van der Waals surface area contributed by atoms with Gasteiger partial charge in [0.1, 0.15) is 10.7 Å². The van der Waals surface area contributed by atoms with Gasteiger partial charge in [-0.1, -0.05) is 25.7 Å². The predicted molar refractivity (Wildman–Crippen MR) is 130 cm³/mol. The van der Waals surface area contributed by atoms with Crippen LogP contribution in [0.15, 0.2) is 23.1 Å². The maximum Gasteiger partial charge on any atom is 0.267 e. The number of rotatable bonds is 5. The minimum absolute atomic E-state index is 0.0287. The van der Waals surface area contributed by atoms with Crippen LogP contribution in [0.2, 0.25) is 0 Å². The fourth-order valence-corrected chi connectivity index (χ4v) is 6.04. The predicted octanol–water partition coefficient (Wildman–Crippen LogP) is 5.10. The number of thiophene rings is 1. The van der Waals surface area contributed by atoms with Gasteiger partial charge in [-0.15, -0.1) is 11.3 Å². The lowest BCUT2D eigenvalue weighted by Gasteiger charge is -2.22. The number of hydrogen-bond acceptors (Lipinski definition) is 6. The molecule has 3 aromatic heterocycles. The number of pyridine rings is 1. The van der Waals surface area contributed by atoms with Crippen molar-refractivity contribution in [2.45, 2.75) is 71.3 Å². The van der Waals surface area contributed by atoms with Crippen LogP contribution in [0, 0.1) is 12.8 Å². The van der Waals surface area contributed by atoms with Crippen LogP contribution in [0.3, 0.4) is 0 Å². The van der Waals surface area contributed by atoms with Gasteiger partial charge in [0.2, 0.25) is 0 Å². The first-order chi connectivity index (χ1) is 16.1. The molecule has 1 saturated carbocycles. The number of fused-ring (bicyclic) bond motifs is 2. The van der Waals surface area contributed by atoms with Crippen molar-refractivity contribution in [3.05, 3.63) is 44.9 Å². The maximum absolute atomic E-state index is 13.2. The lowest BCUT2D eigenvalue weighted by molar-refractivity contribution is 0.102. The van der Waals surface area contributed by atoms with Crippen molar-refractivity contribution in [3.63, 3.8) is 0 Å². The first-order valence-corrected chi connectivity index (χ1v) is 12.9. The molecule has 2 aliphatic rings. The fraction of sp³-hybridized carbons (Fsp3) is 0.520. The van der Waals surface area contributed by atoms with Crippen LogP contribution in [-0.2, 0) is 13.0 Å². The molecule has 4 heterocycles. The SMILES string of the molecule is Cc1c(C(=O)Nc2ncccc2OCC2CCCCC2)sc2nc3n(c(=O)c12)CCCCC3. The van der Waals surface area contributed by atoms with Crippen molar-refractivity contribution in [3.8, 4) is 5.75 Å². The number of carbonyl (C=O) groups is 1. The number of ether oxygens (including phenoxy) is 1. The third-order valence-electron chi connectivity index (χ3n) is 6.82. The summed E-state index contributed by atoms with van der Waals surface area (Å²) in [5.41, 5.74) is 0.657. The van der Waals surface area contributed by atoms with Gasteiger partial charge in [0.05, 0.1) is 16.9 Å². The van der Waals surface area contributed by atoms with E-state index in [4.69, 9.17) is 9.72 Å². The number of nitrogens with zero attached hydrogens (tertiary/aromatic N) is 3. The number of aromatic nitrogens is 3. The van der Waals surface area contributed by atoms with E-state index in [9.17, 15) is 9.59 Å². The lowest BCUT2D eigenvalue weighted by atomic mass is 9.90. The van der Waals surface area contributed by atoms with Crippen LogP contribution < -0.4 is 15.6 Å². The molecule has 1 N–H and O–H groups in total. The molecular formula is C25H30N4O3S. The molecule has 0 unspecified atom stereocenters. The summed E-state index contributed by atoms with van der Waals surface area (Å²) in [6.07, 6.45) is 11.8. The topological polar surface area (TPSA) is 86.1 Å². The summed E-state index contributed by atoms with van der Waals surface area (Å²) in [6, 6.07) is 3.66. The van der Waals surface area contributed by atoms with Crippen molar-refractivity contribution in [2.75, 3.05) is 11.9 Å². The minimum Gasteiger partial charge on any atom is -0.489 e. The summed E-state index contributed by atoms with van der Waals surface area (Å²) < 4.78 is 7.86. The summed E-state index contributed by atoms with van der Waals surface area (Å²) in [6.45, 7) is 3.17. The van der Waals surface area contributed by atoms with Crippen molar-refractivity contribution in [1.29, 1.82) is 0 Å². The van der Waals surface area contributed by atoms with Gasteiger partial charge in [0.15, 0.2) is 11.6 Å². The van der Waals surface area contributed by atoms with Gasteiger partial charge in [-0.2, -0.15) is 0 Å². The molecule has 174 valence electrons. The van der Waals surface area contributed by atoms with Crippen LogP contribution in [0.1, 0.15) is 72.4 Å². The van der Waals surface area contributed by atoms with Gasteiger partial charge >= 0.3 is 0 Å². The molecule has 7 nitrogen and oxygen atoms in total. The quantitative estimate of drug-likeness (QED) is 0.565. The fourth-order valence-electron chi connectivity index (χ4n) is 4.95. The summed E-state index contributed by atoms with van der Waals surface area (Å²) in [7, 11) is 0. The van der Waals surface area contributed by atoms with E-state index in [0.29, 0.717) is 51.3 Å². The molecule has 33 heavy (non-hydrogen) atoms. The van der Waals surface area contributed by atoms with E-state index >= 15 is 0 Å². The Kier molecular flexibility index (Phi) is 6.44. The molecule has 8 heteroatoms. The van der Waals surface area contributed by atoms with E-state index in [1.54, 1.807) is 10.8 Å². The molecule has 0 radical (unpaired) electrons. The maximum atomic E-state index is 13.2. The second-order valence-electron chi connectivity index (χ2n) is 9.15. The summed E-state index contributed by atoms with van der Waals surface area (Å²) >= 11 is 1.28. The Balaban J connectivity index is 1.39. The summed E-state index contributed by atoms with van der Waals surface area (Å²) in [5.74, 6) is 2.11. The highest BCUT2D eigenvalue weighted by Crippen LogP contribution is 2.31. The number of amides is 1. The molecule has 0 spiro atoms. The highest BCUT2D eigenvalue weighted by Gasteiger charge is 2.23. The van der Waals surface area contributed by atoms with E-state index < -0.39 is 0 Å². The Morgan fingerprint density at radius 2 is 2.03 bits per heavy atom. The molecule has 1 amide bonds. The molecule has 5 rings (SSSR count). The molecule has 1 aliphatic heterocycles. The number of aryl methyl sites for hydroxylation is 2. The molecule has 0 aromatic carbocycles. The van der Waals surface area contributed by atoms with Gasteiger partial charge in [0, 0.05) is 19.2 Å². The van der Waals surface area contributed by atoms with Crippen LogP contribution in [-0.4, -0.2) is 27.0 Å². The third-order valence-corrected chi connectivity index (χ3v) is 8.00. The average Bonchev–Trinajstić information content (AvgIpc) is 3.00. The van der Waals surface area contributed by atoms with Crippen molar-refractivity contribution in [1.82, 2.24) is 14.5 Å². The second kappa shape index (κ2) is 9.63. The Morgan fingerprint density at radius 3 is 2.88 bits per heavy atom. The monoisotopic (exact) mass is 466 g/mol. The van der Waals surface area contributed by atoms with Crippen molar-refractivity contribution in [2.24, 2.45) is 5.92 Å². The molecular weight excluding hydrogens is 436 g/mol. The lowest BCUT2D eigenvalue weighted by Crippen LogP contribution is -2.24. The number of hydrogen-bond donors (Lipinski definition) is 1. The van der Waals surface area contributed by atoms with Crippen molar-refractivity contribution < 1.29 is 9.53 Å². The van der Waals surface area contributed by atoms with E-state index in [1.165, 1.54) is 43.4 Å². The minimum atomic E-state index is -0.281. The van der Waals surface area contributed by atoms with E-state index in [0.717, 1.165) is 31.5 Å². The van der Waals surface area contributed by atoms with Crippen LogP contribution in [0.25, 0.3) is 10.2 Å². The van der Waals surface area contributed by atoms with Crippen LogP contribution in [0.4, 0.5) is 5.82 Å². The van der Waals surface area contributed by atoms with Crippen LogP contribution in [0.5, 0.6) is 5.75 Å². The Labute approximate surface area is 197 Å². The first kappa shape index (κ1) is 22.1. The summed E-state index contributed by atoms with van der Waals surface area (Å²) in [5, 5.41) is 3.47. The third kappa shape index (κ3) is 4.53. The largest absolute Gasteiger partial charge is 0.489 e. The molecule has 0 saturated heterocycles. The van der Waals surface area contributed by atoms with E-state index in [1.807, 2.05) is 19.1 Å². The number of anilines is 1. The van der Waals surface area contributed by atoms with Gasteiger partial charge in [-0.25, -0.2) is 9.97 Å². The van der Waals surface area contributed by atoms with Gasteiger partial charge < -0.3 is 10.1 Å². The van der Waals surface area contributed by atoms with Crippen LogP contribution >= 0.6 is 11.3 Å². The Morgan fingerprint density at radius 1 is 1.21 bits per heavy atom. The zero-order valence-corrected chi connectivity index (χ0v) is 19.9. The van der Waals surface area contributed by atoms with Gasteiger partial charge in [0.25, 0.3) is 11.5 Å². The zero-order chi connectivity index (χ0) is 22.8. The zero-order valence-electron chi connectivity index (χ0n) is 19.1. The number of carbonyl (C=O) groups excluding carboxylic acids is 1. The summed E-state index contributed by atoms with van der Waals surface area (Å²) in [4.78, 5) is 36.7. The molecule has 0 atom stereocenters. The van der Waals surface area contributed by atoms with E-state index in [-0.39, 0.29) is 11.5 Å². The first-order valence-electron chi connectivity index (χ1n) is 12.0. The second-order valence-corrected chi connectivity index (χ2v) is 10.2. The standard InChI is InChI=1S/C25H30N4O3S/c1-16-20-24(27-19-12-6-3-7-14-29(19)25(20)31)33-21(16)23(30)28-22-18(11-8-13-26-22)32-15-17-9-4-2-5-10-17/h8,11,13,17H,2-7,9-10,12,14-15H2,1H3,(H,26,28,30). The molecule has 0 bridgehead atoms.